The normalized spacial score (nSPS) is 11.9. The summed E-state index contributed by atoms with van der Waals surface area (Å²) in [6.45, 7) is 4.73. The predicted molar refractivity (Wildman–Crippen MR) is 216 cm³/mol. The Morgan fingerprint density at radius 1 is 0.500 bits per heavy atom. The molecule has 0 saturated heterocycles. The average molecular weight is 747 g/mol. The van der Waals surface area contributed by atoms with Gasteiger partial charge < -0.3 is 9.47 Å². The second-order valence-corrected chi connectivity index (χ2v) is 15.8. The molecule has 0 aliphatic rings. The Kier molecular flexibility index (Phi) is 30.3. The van der Waals surface area contributed by atoms with E-state index in [1.165, 1.54) is 147 Å². The maximum atomic E-state index is 12.9. The van der Waals surface area contributed by atoms with E-state index in [1.54, 1.807) is 0 Å². The molecule has 0 aromatic heterocycles. The number of ether oxygens (including phenoxy) is 2. The molecule has 0 unspecified atom stereocenters. The van der Waals surface area contributed by atoms with Crippen LogP contribution in [0.5, 0.6) is 0 Å². The number of carbonyl (C=O) groups is 2. The van der Waals surface area contributed by atoms with Crippen LogP contribution in [0.3, 0.4) is 0 Å². The summed E-state index contributed by atoms with van der Waals surface area (Å²) in [6.07, 6.45) is 42.8. The molecule has 0 aliphatic carbocycles. The molecule has 7 nitrogen and oxygen atoms in total. The standard InChI is InChI=1S/C44H74O7S/c1-3-5-7-9-11-13-15-17-19-21-23-25-27-29-31-33-37-50-43(45)41-36-35-40(52(47,48)49)39-42(41)44(46)51-38-34-32-30-28-26-24-22-20-18-16-14-12-10-8-6-4-2/h29-32,35-36,39H,3-28,33-34,37-38H2,1-2H3,(H,47,48,49)/b31-29+,32-30+. The Balaban J connectivity index is 2.29. The Morgan fingerprint density at radius 3 is 1.19 bits per heavy atom. The molecule has 0 heterocycles. The third-order valence-corrected chi connectivity index (χ3v) is 10.4. The van der Waals surface area contributed by atoms with E-state index in [-0.39, 0.29) is 24.3 Å². The van der Waals surface area contributed by atoms with Gasteiger partial charge in [0.25, 0.3) is 10.1 Å². The van der Waals surface area contributed by atoms with Gasteiger partial charge in [0.2, 0.25) is 0 Å². The number of benzene rings is 1. The van der Waals surface area contributed by atoms with Crippen molar-refractivity contribution in [3.63, 3.8) is 0 Å². The molecule has 1 N–H and O–H groups in total. The predicted octanol–water partition coefficient (Wildman–Crippen LogP) is 13.3. The lowest BCUT2D eigenvalue weighted by Gasteiger charge is -2.10. The maximum Gasteiger partial charge on any atom is 0.339 e. The fourth-order valence-corrected chi connectivity index (χ4v) is 6.81. The zero-order valence-electron chi connectivity index (χ0n) is 33.1. The number of rotatable bonds is 35. The van der Waals surface area contributed by atoms with Gasteiger partial charge in [-0.05, 0) is 56.7 Å². The summed E-state index contributed by atoms with van der Waals surface area (Å²) in [7, 11) is -4.58. The number of esters is 2. The van der Waals surface area contributed by atoms with E-state index in [0.717, 1.165) is 37.8 Å². The van der Waals surface area contributed by atoms with Crippen molar-refractivity contribution in [2.24, 2.45) is 0 Å². The van der Waals surface area contributed by atoms with Crippen molar-refractivity contribution in [2.75, 3.05) is 13.2 Å². The largest absolute Gasteiger partial charge is 0.462 e. The highest BCUT2D eigenvalue weighted by atomic mass is 32.2. The van der Waals surface area contributed by atoms with E-state index >= 15 is 0 Å². The van der Waals surface area contributed by atoms with Crippen LogP contribution >= 0.6 is 0 Å². The minimum absolute atomic E-state index is 0.0857. The van der Waals surface area contributed by atoms with E-state index in [2.05, 4.69) is 26.0 Å². The van der Waals surface area contributed by atoms with Crippen molar-refractivity contribution in [3.8, 4) is 0 Å². The molecule has 1 aromatic carbocycles. The minimum Gasteiger partial charge on any atom is -0.462 e. The van der Waals surface area contributed by atoms with Gasteiger partial charge in [0.15, 0.2) is 0 Å². The summed E-state index contributed by atoms with van der Waals surface area (Å²) in [6, 6.07) is 3.22. The topological polar surface area (TPSA) is 107 Å². The zero-order valence-corrected chi connectivity index (χ0v) is 33.9. The summed E-state index contributed by atoms with van der Waals surface area (Å²) in [5.74, 6) is -1.58. The van der Waals surface area contributed by atoms with Crippen LogP contribution in [0.15, 0.2) is 47.4 Å². The number of carbonyl (C=O) groups excluding carboxylic acids is 2. The lowest BCUT2D eigenvalue weighted by atomic mass is 10.0. The Hall–Kier alpha value is -2.45. The first-order chi connectivity index (χ1) is 25.3. The van der Waals surface area contributed by atoms with E-state index in [1.807, 2.05) is 12.2 Å². The van der Waals surface area contributed by atoms with Gasteiger partial charge >= 0.3 is 11.9 Å². The highest BCUT2D eigenvalue weighted by molar-refractivity contribution is 7.85. The molecule has 1 aromatic rings. The van der Waals surface area contributed by atoms with Crippen LogP contribution in [0.25, 0.3) is 0 Å². The number of unbranched alkanes of at least 4 members (excludes halogenated alkanes) is 24. The van der Waals surface area contributed by atoms with Gasteiger partial charge in [-0.2, -0.15) is 8.42 Å². The van der Waals surface area contributed by atoms with Crippen molar-refractivity contribution < 1.29 is 32.0 Å². The van der Waals surface area contributed by atoms with Crippen LogP contribution in [-0.2, 0) is 19.6 Å². The zero-order chi connectivity index (χ0) is 38.0. The SMILES string of the molecule is CCCCCCCCCCCCCC/C=C/CCOC(=O)c1ccc(S(=O)(=O)O)cc1C(=O)OCC/C=C/CCCCCCCCCCCCCC. The molecule has 0 spiro atoms. The Morgan fingerprint density at radius 2 is 0.827 bits per heavy atom. The van der Waals surface area contributed by atoms with Crippen LogP contribution in [0.1, 0.15) is 214 Å². The van der Waals surface area contributed by atoms with Gasteiger partial charge in [-0.25, -0.2) is 9.59 Å². The van der Waals surface area contributed by atoms with E-state index < -0.39 is 27.0 Å². The van der Waals surface area contributed by atoms with E-state index in [9.17, 15) is 22.6 Å². The van der Waals surface area contributed by atoms with E-state index in [0.29, 0.717) is 12.8 Å². The van der Waals surface area contributed by atoms with Crippen LogP contribution in [0.2, 0.25) is 0 Å². The third kappa shape index (κ3) is 26.3. The highest BCUT2D eigenvalue weighted by Crippen LogP contribution is 2.19. The molecule has 0 aliphatic heterocycles. The first kappa shape index (κ1) is 47.6. The number of hydrogen-bond acceptors (Lipinski definition) is 6. The van der Waals surface area contributed by atoms with Gasteiger partial charge in [0, 0.05) is 0 Å². The second-order valence-electron chi connectivity index (χ2n) is 14.3. The Bertz CT molecular complexity index is 1200. The third-order valence-electron chi connectivity index (χ3n) is 9.55. The van der Waals surface area contributed by atoms with Crippen molar-refractivity contribution >= 4 is 22.1 Å². The number of allylic oxidation sites excluding steroid dienone is 2. The molecule has 0 bridgehead atoms. The molecular weight excluding hydrogens is 673 g/mol. The first-order valence-electron chi connectivity index (χ1n) is 21.1. The monoisotopic (exact) mass is 747 g/mol. The maximum absolute atomic E-state index is 12.9. The molecule has 0 amide bonds. The first-order valence-corrected chi connectivity index (χ1v) is 22.5. The van der Waals surface area contributed by atoms with Gasteiger partial charge in [-0.15, -0.1) is 0 Å². The fraction of sp³-hybridized carbons (Fsp3) is 0.727. The molecule has 52 heavy (non-hydrogen) atoms. The molecule has 1 rings (SSSR count). The summed E-state index contributed by atoms with van der Waals surface area (Å²) < 4.78 is 43.7. The molecule has 298 valence electrons. The molecular formula is C44H74O7S. The smallest absolute Gasteiger partial charge is 0.339 e. The lowest BCUT2D eigenvalue weighted by Crippen LogP contribution is -2.16. The lowest BCUT2D eigenvalue weighted by molar-refractivity contribution is 0.0464. The van der Waals surface area contributed by atoms with Crippen molar-refractivity contribution in [1.29, 1.82) is 0 Å². The van der Waals surface area contributed by atoms with Gasteiger partial charge in [0.05, 0.1) is 29.2 Å². The molecule has 8 heteroatoms. The summed E-state index contributed by atoms with van der Waals surface area (Å²) >= 11 is 0. The average Bonchev–Trinajstić information content (AvgIpc) is 3.13. The van der Waals surface area contributed by atoms with E-state index in [4.69, 9.17) is 9.47 Å². The molecule has 0 radical (unpaired) electrons. The van der Waals surface area contributed by atoms with Gasteiger partial charge in [0.1, 0.15) is 0 Å². The second kappa shape index (κ2) is 33.1. The van der Waals surface area contributed by atoms with Crippen LogP contribution in [0, 0.1) is 0 Å². The van der Waals surface area contributed by atoms with Crippen LogP contribution in [-0.4, -0.2) is 38.1 Å². The molecule has 0 saturated carbocycles. The van der Waals surface area contributed by atoms with Gasteiger partial charge in [-0.1, -0.05) is 179 Å². The summed E-state index contributed by atoms with van der Waals surface area (Å²) in [5.41, 5.74) is -0.344. The molecule has 0 atom stereocenters. The highest BCUT2D eigenvalue weighted by Gasteiger charge is 2.23. The van der Waals surface area contributed by atoms with Crippen molar-refractivity contribution in [3.05, 3.63) is 53.6 Å². The number of hydrogen-bond donors (Lipinski definition) is 1. The molecule has 0 fully saturated rings. The Labute approximate surface area is 318 Å². The fourth-order valence-electron chi connectivity index (χ4n) is 6.30. The van der Waals surface area contributed by atoms with Crippen LogP contribution in [0.4, 0.5) is 0 Å². The quantitative estimate of drug-likeness (QED) is 0.0319. The van der Waals surface area contributed by atoms with Crippen molar-refractivity contribution in [2.45, 2.75) is 199 Å². The van der Waals surface area contributed by atoms with Gasteiger partial charge in [-0.3, -0.25) is 4.55 Å². The minimum atomic E-state index is -4.58. The summed E-state index contributed by atoms with van der Waals surface area (Å²) in [5, 5.41) is 0. The summed E-state index contributed by atoms with van der Waals surface area (Å²) in [4.78, 5) is 25.3. The van der Waals surface area contributed by atoms with Crippen LogP contribution < -0.4 is 0 Å². The van der Waals surface area contributed by atoms with Crippen molar-refractivity contribution in [1.82, 2.24) is 0 Å².